The van der Waals surface area contributed by atoms with Crippen molar-refractivity contribution in [3.05, 3.63) is 63.6 Å². The number of halogens is 2. The summed E-state index contributed by atoms with van der Waals surface area (Å²) in [6.07, 6.45) is 0. The van der Waals surface area contributed by atoms with E-state index < -0.39 is 0 Å². The predicted molar refractivity (Wildman–Crippen MR) is 86.8 cm³/mol. The number of ketones is 1. The van der Waals surface area contributed by atoms with Crippen molar-refractivity contribution in [3.63, 3.8) is 0 Å². The van der Waals surface area contributed by atoms with Crippen LogP contribution in [0.5, 0.6) is 5.75 Å². The van der Waals surface area contributed by atoms with Crippen LogP contribution in [0.3, 0.4) is 0 Å². The molecule has 0 radical (unpaired) electrons. The predicted octanol–water partition coefficient (Wildman–Crippen LogP) is 5.38. The zero-order valence-electron chi connectivity index (χ0n) is 11.9. The summed E-state index contributed by atoms with van der Waals surface area (Å²) in [4.78, 5) is 12.1. The number of ether oxygens (including phenoxy) is 1. The zero-order valence-corrected chi connectivity index (χ0v) is 13.4. The maximum atomic E-state index is 12.1. The lowest BCUT2D eigenvalue weighted by Crippen LogP contribution is -2.11. The summed E-state index contributed by atoms with van der Waals surface area (Å²) in [6, 6.07) is 12.5. The van der Waals surface area contributed by atoms with Gasteiger partial charge in [-0.2, -0.15) is 0 Å². The monoisotopic (exact) mass is 322 g/mol. The highest BCUT2D eigenvalue weighted by atomic mass is 35.5. The molecule has 2 aromatic rings. The van der Waals surface area contributed by atoms with Crippen LogP contribution in [0.25, 0.3) is 0 Å². The molecule has 110 valence electrons. The van der Waals surface area contributed by atoms with E-state index in [-0.39, 0.29) is 12.4 Å². The second-order valence-corrected chi connectivity index (χ2v) is 5.91. The van der Waals surface area contributed by atoms with E-state index in [1.807, 2.05) is 24.3 Å². The first-order chi connectivity index (χ1) is 9.97. The van der Waals surface area contributed by atoms with E-state index in [1.165, 1.54) is 5.56 Å². The molecule has 2 nitrogen and oxygen atoms in total. The summed E-state index contributed by atoms with van der Waals surface area (Å²) in [5, 5.41) is 0.924. The lowest BCUT2D eigenvalue weighted by molar-refractivity contribution is 0.0921. The van der Waals surface area contributed by atoms with E-state index in [1.54, 1.807) is 18.2 Å². The van der Waals surface area contributed by atoms with Crippen molar-refractivity contribution in [2.24, 2.45) is 0 Å². The molecule has 0 aromatic heterocycles. The fourth-order valence-electron chi connectivity index (χ4n) is 1.87. The van der Waals surface area contributed by atoms with E-state index >= 15 is 0 Å². The van der Waals surface area contributed by atoms with E-state index in [9.17, 15) is 4.79 Å². The molecule has 0 N–H and O–H groups in total. The largest absolute Gasteiger partial charge is 0.484 e. The van der Waals surface area contributed by atoms with Gasteiger partial charge in [0.25, 0.3) is 0 Å². The molecule has 4 heteroatoms. The highest BCUT2D eigenvalue weighted by molar-refractivity contribution is 6.35. The van der Waals surface area contributed by atoms with Crippen molar-refractivity contribution in [2.75, 3.05) is 6.61 Å². The number of benzene rings is 2. The fraction of sp³-hybridized carbons (Fsp3) is 0.235. The quantitative estimate of drug-likeness (QED) is 0.691. The number of Topliss-reactive ketones (excluding diaryl/α,β-unsaturated/α-hetero) is 1. The number of hydrogen-bond acceptors (Lipinski definition) is 2. The van der Waals surface area contributed by atoms with Crippen molar-refractivity contribution >= 4 is 29.0 Å². The van der Waals surface area contributed by atoms with Gasteiger partial charge >= 0.3 is 0 Å². The molecule has 0 aliphatic carbocycles. The average molecular weight is 323 g/mol. The van der Waals surface area contributed by atoms with Crippen LogP contribution in [0.2, 0.25) is 10.0 Å². The topological polar surface area (TPSA) is 26.3 Å². The van der Waals surface area contributed by atoms with Gasteiger partial charge in [-0.3, -0.25) is 4.79 Å². The number of rotatable bonds is 5. The van der Waals surface area contributed by atoms with Gasteiger partial charge in [-0.05, 0) is 29.7 Å². The summed E-state index contributed by atoms with van der Waals surface area (Å²) >= 11 is 11.8. The summed E-state index contributed by atoms with van der Waals surface area (Å²) < 4.78 is 5.45. The number of carbonyl (C=O) groups excluding carboxylic acids is 1. The molecular formula is C17H16Cl2O2. The van der Waals surface area contributed by atoms with Crippen LogP contribution in [0.15, 0.2) is 42.5 Å². The summed E-state index contributed by atoms with van der Waals surface area (Å²) in [6.45, 7) is 4.17. The van der Waals surface area contributed by atoms with E-state index in [0.29, 0.717) is 27.3 Å². The maximum absolute atomic E-state index is 12.1. The van der Waals surface area contributed by atoms with Gasteiger partial charge < -0.3 is 4.74 Å². The van der Waals surface area contributed by atoms with E-state index in [4.69, 9.17) is 27.9 Å². The Labute approximate surface area is 134 Å². The third-order valence-electron chi connectivity index (χ3n) is 3.15. The molecule has 0 amide bonds. The molecule has 0 saturated carbocycles. The Morgan fingerprint density at radius 3 is 2.33 bits per heavy atom. The van der Waals surface area contributed by atoms with Gasteiger partial charge in [0, 0.05) is 10.6 Å². The van der Waals surface area contributed by atoms with Crippen molar-refractivity contribution in [3.8, 4) is 5.75 Å². The molecule has 2 aromatic carbocycles. The van der Waals surface area contributed by atoms with Gasteiger partial charge in [0.2, 0.25) is 0 Å². The van der Waals surface area contributed by atoms with Crippen LogP contribution in [0.1, 0.15) is 35.7 Å². The lowest BCUT2D eigenvalue weighted by Gasteiger charge is -2.09. The number of hydrogen-bond donors (Lipinski definition) is 0. The third kappa shape index (κ3) is 4.23. The van der Waals surface area contributed by atoms with Crippen molar-refractivity contribution in [1.82, 2.24) is 0 Å². The molecule has 0 aliphatic rings. The molecule has 0 spiro atoms. The van der Waals surface area contributed by atoms with Gasteiger partial charge in [0.05, 0.1) is 5.02 Å². The Bertz CT molecular complexity index is 634. The molecule has 0 unspecified atom stereocenters. The Balaban J connectivity index is 2.01. The first-order valence-corrected chi connectivity index (χ1v) is 7.44. The summed E-state index contributed by atoms with van der Waals surface area (Å²) in [7, 11) is 0. The van der Waals surface area contributed by atoms with Crippen LogP contribution in [0.4, 0.5) is 0 Å². The maximum Gasteiger partial charge on any atom is 0.200 e. The second-order valence-electron chi connectivity index (χ2n) is 5.06. The Kier molecular flexibility index (Phi) is 5.27. The first-order valence-electron chi connectivity index (χ1n) is 6.68. The molecular weight excluding hydrogens is 307 g/mol. The van der Waals surface area contributed by atoms with Gasteiger partial charge in [0.1, 0.15) is 5.75 Å². The average Bonchev–Trinajstić information content (AvgIpc) is 2.46. The standard InChI is InChI=1S/C17H16Cl2O2/c1-11(2)12-3-5-13(6-4-12)16(20)10-21-17-8-7-14(18)9-15(17)19/h3-9,11H,10H2,1-2H3. The first kappa shape index (κ1) is 15.9. The van der Waals surface area contributed by atoms with Crippen LogP contribution in [0, 0.1) is 0 Å². The summed E-state index contributed by atoms with van der Waals surface area (Å²) in [5.74, 6) is 0.808. The Hall–Kier alpha value is -1.51. The van der Waals surface area contributed by atoms with Crippen molar-refractivity contribution in [1.29, 1.82) is 0 Å². The van der Waals surface area contributed by atoms with Crippen molar-refractivity contribution < 1.29 is 9.53 Å². The molecule has 0 atom stereocenters. The SMILES string of the molecule is CC(C)c1ccc(C(=O)COc2ccc(Cl)cc2Cl)cc1. The zero-order chi connectivity index (χ0) is 15.4. The van der Waals surface area contributed by atoms with Gasteiger partial charge in [-0.15, -0.1) is 0 Å². The molecule has 21 heavy (non-hydrogen) atoms. The van der Waals surface area contributed by atoms with Crippen LogP contribution < -0.4 is 4.74 Å². The minimum Gasteiger partial charge on any atom is -0.484 e. The van der Waals surface area contributed by atoms with Gasteiger partial charge in [0.15, 0.2) is 12.4 Å². The van der Waals surface area contributed by atoms with Gasteiger partial charge in [-0.25, -0.2) is 0 Å². The highest BCUT2D eigenvalue weighted by Gasteiger charge is 2.09. The summed E-state index contributed by atoms with van der Waals surface area (Å²) in [5.41, 5.74) is 1.83. The van der Waals surface area contributed by atoms with E-state index in [0.717, 1.165) is 0 Å². The third-order valence-corrected chi connectivity index (χ3v) is 3.68. The minimum atomic E-state index is -0.0867. The molecule has 2 rings (SSSR count). The Morgan fingerprint density at radius 1 is 1.10 bits per heavy atom. The van der Waals surface area contributed by atoms with Crippen LogP contribution in [-0.4, -0.2) is 12.4 Å². The molecule has 0 bridgehead atoms. The molecule has 0 saturated heterocycles. The second kappa shape index (κ2) is 6.97. The highest BCUT2D eigenvalue weighted by Crippen LogP contribution is 2.27. The normalized spacial score (nSPS) is 10.7. The molecule has 0 aliphatic heterocycles. The smallest absolute Gasteiger partial charge is 0.200 e. The fourth-order valence-corrected chi connectivity index (χ4v) is 2.34. The molecule has 0 fully saturated rings. The number of carbonyl (C=O) groups is 1. The Morgan fingerprint density at radius 2 is 1.76 bits per heavy atom. The van der Waals surface area contributed by atoms with E-state index in [2.05, 4.69) is 13.8 Å². The molecule has 0 heterocycles. The lowest BCUT2D eigenvalue weighted by atomic mass is 10.0. The van der Waals surface area contributed by atoms with Crippen LogP contribution in [-0.2, 0) is 0 Å². The van der Waals surface area contributed by atoms with Crippen molar-refractivity contribution in [2.45, 2.75) is 19.8 Å². The van der Waals surface area contributed by atoms with Gasteiger partial charge in [-0.1, -0.05) is 61.3 Å². The minimum absolute atomic E-state index is 0.0532. The van der Waals surface area contributed by atoms with Crippen LogP contribution >= 0.6 is 23.2 Å².